The lowest BCUT2D eigenvalue weighted by Gasteiger charge is -2.07. The molecule has 0 fully saturated rings. The topological polar surface area (TPSA) is 35.3 Å². The summed E-state index contributed by atoms with van der Waals surface area (Å²) in [6.45, 7) is 0. The number of rotatable bonds is 2. The lowest BCUT2D eigenvalue weighted by molar-refractivity contribution is 0.409. The van der Waals surface area contributed by atoms with E-state index in [1.807, 2.05) is 36.4 Å². The summed E-state index contributed by atoms with van der Waals surface area (Å²) < 4.78 is 13.2. The van der Waals surface area contributed by atoms with E-state index < -0.39 is 0 Å². The maximum atomic E-state index is 5.78. The average Bonchev–Trinajstić information content (AvgIpc) is 2.82. The van der Waals surface area contributed by atoms with Crippen LogP contribution in [-0.2, 0) is 0 Å². The molecule has 0 spiro atoms. The molecule has 3 rings (SSSR count). The van der Waals surface area contributed by atoms with Crippen LogP contribution in [0.15, 0.2) is 40.8 Å². The highest BCUT2D eigenvalue weighted by atomic mass is 127. The van der Waals surface area contributed by atoms with Crippen molar-refractivity contribution < 1.29 is 9.15 Å². The Balaban J connectivity index is 2.16. The van der Waals surface area contributed by atoms with E-state index >= 15 is 0 Å². The van der Waals surface area contributed by atoms with Crippen molar-refractivity contribution in [1.29, 1.82) is 0 Å². The summed E-state index contributed by atoms with van der Waals surface area (Å²) in [6.07, 6.45) is 0. The highest BCUT2D eigenvalue weighted by Gasteiger charge is 2.13. The van der Waals surface area contributed by atoms with Gasteiger partial charge in [-0.2, -0.15) is 0 Å². The molecule has 1 heterocycles. The molecule has 0 aliphatic carbocycles. The molecule has 0 N–H and O–H groups in total. The zero-order valence-corrected chi connectivity index (χ0v) is 14.3. The van der Waals surface area contributed by atoms with Crippen LogP contribution >= 0.6 is 45.2 Å². The summed E-state index contributed by atoms with van der Waals surface area (Å²) in [7, 11) is 1.68. The van der Waals surface area contributed by atoms with Crippen molar-refractivity contribution in [2.24, 2.45) is 0 Å². The largest absolute Gasteiger partial charge is 0.495 e. The van der Waals surface area contributed by atoms with Gasteiger partial charge in [-0.15, -0.1) is 0 Å². The third kappa shape index (κ3) is 2.45. The molecule has 0 atom stereocenters. The van der Waals surface area contributed by atoms with Crippen LogP contribution < -0.4 is 4.74 Å². The third-order valence-electron chi connectivity index (χ3n) is 2.74. The molecule has 96 valence electrons. The van der Waals surface area contributed by atoms with Crippen LogP contribution in [0, 0.1) is 7.14 Å². The van der Waals surface area contributed by atoms with Crippen LogP contribution in [0.2, 0.25) is 0 Å². The van der Waals surface area contributed by atoms with Crippen LogP contribution in [0.3, 0.4) is 0 Å². The Hall–Kier alpha value is -0.830. The molecular formula is C14H9I2NO2. The van der Waals surface area contributed by atoms with E-state index in [1.54, 1.807) is 7.11 Å². The summed E-state index contributed by atoms with van der Waals surface area (Å²) in [5.74, 6) is 1.53. The predicted octanol–water partition coefficient (Wildman–Crippen LogP) is 4.71. The Labute approximate surface area is 137 Å². The van der Waals surface area contributed by atoms with Crippen molar-refractivity contribution >= 4 is 56.3 Å². The normalized spacial score (nSPS) is 10.9. The molecule has 0 bridgehead atoms. The molecule has 0 radical (unpaired) electrons. The van der Waals surface area contributed by atoms with Crippen LogP contribution in [0.4, 0.5) is 0 Å². The Morgan fingerprint density at radius 1 is 1.11 bits per heavy atom. The van der Waals surface area contributed by atoms with Crippen molar-refractivity contribution in [2.75, 3.05) is 7.11 Å². The van der Waals surface area contributed by atoms with E-state index in [-0.39, 0.29) is 0 Å². The van der Waals surface area contributed by atoms with Gasteiger partial charge < -0.3 is 9.15 Å². The van der Waals surface area contributed by atoms with E-state index in [2.05, 4.69) is 50.2 Å². The molecule has 0 aliphatic rings. The Bertz CT molecular complexity index is 696. The van der Waals surface area contributed by atoms with Gasteiger partial charge in [0.15, 0.2) is 5.58 Å². The Morgan fingerprint density at radius 2 is 1.79 bits per heavy atom. The minimum Gasteiger partial charge on any atom is -0.495 e. The van der Waals surface area contributed by atoms with Crippen LogP contribution in [-0.4, -0.2) is 12.1 Å². The minimum absolute atomic E-state index is 0.639. The first kappa shape index (κ1) is 13.2. The van der Waals surface area contributed by atoms with Crippen molar-refractivity contribution in [1.82, 2.24) is 4.98 Å². The zero-order chi connectivity index (χ0) is 13.4. The molecule has 0 unspecified atom stereocenters. The fraction of sp³-hybridized carbons (Fsp3) is 0.0714. The van der Waals surface area contributed by atoms with Crippen molar-refractivity contribution in [3.63, 3.8) is 0 Å². The molecule has 19 heavy (non-hydrogen) atoms. The van der Waals surface area contributed by atoms with Crippen molar-refractivity contribution in [3.8, 4) is 17.2 Å². The smallest absolute Gasteiger partial charge is 0.227 e. The molecule has 1 aromatic heterocycles. The number of hydrogen-bond donors (Lipinski definition) is 0. The minimum atomic E-state index is 0.639. The second-order valence-electron chi connectivity index (χ2n) is 3.96. The number of fused-ring (bicyclic) bond motifs is 1. The van der Waals surface area contributed by atoms with E-state index in [9.17, 15) is 0 Å². The summed E-state index contributed by atoms with van der Waals surface area (Å²) in [6, 6.07) is 11.8. The number of hydrogen-bond acceptors (Lipinski definition) is 3. The Kier molecular flexibility index (Phi) is 3.66. The van der Waals surface area contributed by atoms with Gasteiger partial charge in [0.05, 0.1) is 14.3 Å². The SMILES string of the molecule is COc1c(I)cc(-c2nc3ccccc3o2)cc1I. The first-order chi connectivity index (χ1) is 9.19. The average molecular weight is 477 g/mol. The first-order valence-corrected chi connectivity index (χ1v) is 7.74. The molecule has 0 saturated carbocycles. The van der Waals surface area contributed by atoms with Crippen molar-refractivity contribution in [2.45, 2.75) is 0 Å². The summed E-state index contributed by atoms with van der Waals surface area (Å²) >= 11 is 4.52. The van der Waals surface area contributed by atoms with Gasteiger partial charge in [0, 0.05) is 5.56 Å². The van der Waals surface area contributed by atoms with Gasteiger partial charge in [-0.05, 0) is 69.4 Å². The van der Waals surface area contributed by atoms with Gasteiger partial charge in [-0.3, -0.25) is 0 Å². The van der Waals surface area contributed by atoms with Gasteiger partial charge in [0.25, 0.3) is 0 Å². The molecule has 0 amide bonds. The van der Waals surface area contributed by atoms with Gasteiger partial charge >= 0.3 is 0 Å². The third-order valence-corrected chi connectivity index (χ3v) is 4.35. The molecule has 0 saturated heterocycles. The van der Waals surface area contributed by atoms with Gasteiger partial charge in [0.1, 0.15) is 11.3 Å². The fourth-order valence-corrected chi connectivity index (χ4v) is 4.08. The second-order valence-corrected chi connectivity index (χ2v) is 6.28. The first-order valence-electron chi connectivity index (χ1n) is 5.58. The number of aromatic nitrogens is 1. The quantitative estimate of drug-likeness (QED) is 0.502. The number of halogens is 2. The highest BCUT2D eigenvalue weighted by molar-refractivity contribution is 14.1. The van der Waals surface area contributed by atoms with Crippen LogP contribution in [0.25, 0.3) is 22.6 Å². The number of methoxy groups -OCH3 is 1. The molecule has 2 aromatic carbocycles. The predicted molar refractivity (Wildman–Crippen MR) is 91.4 cm³/mol. The summed E-state index contributed by atoms with van der Waals surface area (Å²) in [5.41, 5.74) is 2.64. The van der Waals surface area contributed by atoms with Gasteiger partial charge in [-0.1, -0.05) is 12.1 Å². The Morgan fingerprint density at radius 3 is 2.42 bits per heavy atom. The monoisotopic (exact) mass is 477 g/mol. The van der Waals surface area contributed by atoms with E-state index in [1.165, 1.54) is 0 Å². The summed E-state index contributed by atoms with van der Waals surface area (Å²) in [4.78, 5) is 4.51. The molecule has 3 aromatic rings. The number of ether oxygens (including phenoxy) is 1. The molecular weight excluding hydrogens is 468 g/mol. The number of para-hydroxylation sites is 2. The number of nitrogens with zero attached hydrogens (tertiary/aromatic N) is 1. The maximum absolute atomic E-state index is 5.78. The zero-order valence-electron chi connectivity index (χ0n) is 9.98. The highest BCUT2D eigenvalue weighted by Crippen LogP contribution is 2.33. The van der Waals surface area contributed by atoms with Crippen LogP contribution in [0.5, 0.6) is 5.75 Å². The maximum Gasteiger partial charge on any atom is 0.227 e. The number of oxazole rings is 1. The van der Waals surface area contributed by atoms with Gasteiger partial charge in [0.2, 0.25) is 5.89 Å². The van der Waals surface area contributed by atoms with E-state index in [0.29, 0.717) is 5.89 Å². The van der Waals surface area contributed by atoms with Gasteiger partial charge in [-0.25, -0.2) is 4.98 Å². The number of benzene rings is 2. The molecule has 3 nitrogen and oxygen atoms in total. The fourth-order valence-electron chi connectivity index (χ4n) is 1.87. The lowest BCUT2D eigenvalue weighted by atomic mass is 10.2. The molecule has 5 heteroatoms. The van der Waals surface area contributed by atoms with Crippen molar-refractivity contribution in [3.05, 3.63) is 43.5 Å². The van der Waals surface area contributed by atoms with E-state index in [0.717, 1.165) is 29.6 Å². The second kappa shape index (κ2) is 5.28. The standard InChI is InChI=1S/C14H9I2NO2/c1-18-13-9(15)6-8(7-10(13)16)14-17-11-4-2-3-5-12(11)19-14/h2-7H,1H3. The lowest BCUT2D eigenvalue weighted by Crippen LogP contribution is -1.92. The summed E-state index contributed by atoms with van der Waals surface area (Å²) in [5, 5.41) is 0. The van der Waals surface area contributed by atoms with E-state index in [4.69, 9.17) is 9.15 Å². The molecule has 0 aliphatic heterocycles. The van der Waals surface area contributed by atoms with Crippen LogP contribution in [0.1, 0.15) is 0 Å².